The second-order valence-corrected chi connectivity index (χ2v) is 6.99. The zero-order valence-corrected chi connectivity index (χ0v) is 15.6. The van der Waals surface area contributed by atoms with Gasteiger partial charge >= 0.3 is 5.97 Å². The minimum atomic E-state index is -1.03. The number of carboxylic acid groups (broad SMARTS) is 1. The number of ether oxygens (including phenoxy) is 1. The summed E-state index contributed by atoms with van der Waals surface area (Å²) >= 11 is 1.32. The Balaban J connectivity index is 1.77. The second kappa shape index (κ2) is 8.75. The van der Waals surface area contributed by atoms with Crippen LogP contribution in [0.15, 0.2) is 53.9 Å². The van der Waals surface area contributed by atoms with Gasteiger partial charge in [-0.05, 0) is 35.4 Å². The minimum absolute atomic E-state index is 0.0566. The molecule has 1 aromatic heterocycles. The van der Waals surface area contributed by atoms with Crippen molar-refractivity contribution in [1.82, 2.24) is 9.88 Å². The molecule has 1 heterocycles. The Hall–Kier alpha value is -2.77. The van der Waals surface area contributed by atoms with Gasteiger partial charge < -0.3 is 9.84 Å². The molecule has 1 N–H and O–H groups in total. The van der Waals surface area contributed by atoms with E-state index in [-0.39, 0.29) is 11.5 Å². The van der Waals surface area contributed by atoms with Gasteiger partial charge in [0, 0.05) is 18.5 Å². The SMILES string of the molecule is COc1ccc(CN(Cc2ccc(F)cc2)Cc2nc(C(=O)O)cs2)cc1. The number of rotatable bonds is 8. The Morgan fingerprint density at radius 2 is 1.67 bits per heavy atom. The first-order valence-corrected chi connectivity index (χ1v) is 9.19. The third-order valence-corrected chi connectivity index (χ3v) is 4.85. The van der Waals surface area contributed by atoms with Crippen molar-refractivity contribution < 1.29 is 19.0 Å². The molecule has 0 amide bonds. The maximum Gasteiger partial charge on any atom is 0.355 e. The van der Waals surface area contributed by atoms with Crippen molar-refractivity contribution >= 4 is 17.3 Å². The number of aromatic carboxylic acids is 1. The molecule has 0 aliphatic rings. The maximum absolute atomic E-state index is 13.2. The molecule has 0 unspecified atom stereocenters. The average Bonchev–Trinajstić information content (AvgIpc) is 3.13. The molecule has 2 aromatic carbocycles. The number of halogens is 1. The van der Waals surface area contributed by atoms with E-state index in [1.165, 1.54) is 23.5 Å². The van der Waals surface area contributed by atoms with Crippen molar-refractivity contribution in [2.45, 2.75) is 19.6 Å². The van der Waals surface area contributed by atoms with E-state index in [0.29, 0.717) is 19.6 Å². The van der Waals surface area contributed by atoms with Gasteiger partial charge in [-0.15, -0.1) is 11.3 Å². The maximum atomic E-state index is 13.2. The van der Waals surface area contributed by atoms with Crippen LogP contribution in [0.2, 0.25) is 0 Å². The van der Waals surface area contributed by atoms with Crippen molar-refractivity contribution in [3.8, 4) is 5.75 Å². The molecule has 0 bridgehead atoms. The smallest absolute Gasteiger partial charge is 0.355 e. The first kappa shape index (κ1) is 19.0. The van der Waals surface area contributed by atoms with Crippen molar-refractivity contribution in [1.29, 1.82) is 0 Å². The number of aromatic nitrogens is 1. The predicted octanol–water partition coefficient (Wildman–Crippen LogP) is 4.19. The quantitative estimate of drug-likeness (QED) is 0.629. The second-order valence-electron chi connectivity index (χ2n) is 6.05. The van der Waals surface area contributed by atoms with Crippen LogP contribution in [0.4, 0.5) is 4.39 Å². The van der Waals surface area contributed by atoms with E-state index in [1.807, 2.05) is 24.3 Å². The number of nitrogens with zero attached hydrogens (tertiary/aromatic N) is 2. The molecule has 140 valence electrons. The summed E-state index contributed by atoms with van der Waals surface area (Å²) < 4.78 is 18.4. The summed E-state index contributed by atoms with van der Waals surface area (Å²) in [5, 5.41) is 11.3. The van der Waals surface area contributed by atoms with Crippen molar-refractivity contribution in [2.75, 3.05) is 7.11 Å². The van der Waals surface area contributed by atoms with Crippen molar-refractivity contribution in [3.05, 3.63) is 81.6 Å². The van der Waals surface area contributed by atoms with Crippen LogP contribution in [0, 0.1) is 5.82 Å². The summed E-state index contributed by atoms with van der Waals surface area (Å²) in [7, 11) is 1.62. The highest BCUT2D eigenvalue weighted by atomic mass is 32.1. The molecule has 0 saturated carbocycles. The van der Waals surface area contributed by atoms with Crippen molar-refractivity contribution in [2.24, 2.45) is 0 Å². The lowest BCUT2D eigenvalue weighted by Crippen LogP contribution is -2.22. The molecule has 0 aliphatic heterocycles. The van der Waals surface area contributed by atoms with E-state index in [2.05, 4.69) is 9.88 Å². The van der Waals surface area contributed by atoms with E-state index >= 15 is 0 Å². The molecule has 0 fully saturated rings. The first-order valence-electron chi connectivity index (χ1n) is 8.31. The summed E-state index contributed by atoms with van der Waals surface area (Å²) in [6, 6.07) is 14.2. The van der Waals surface area contributed by atoms with Gasteiger partial charge in [0.05, 0.1) is 13.7 Å². The third-order valence-electron chi connectivity index (χ3n) is 4.01. The molecular formula is C20H19FN2O3S. The molecule has 7 heteroatoms. The number of carboxylic acids is 1. The zero-order chi connectivity index (χ0) is 19.2. The summed E-state index contributed by atoms with van der Waals surface area (Å²) in [5.41, 5.74) is 2.12. The number of carbonyl (C=O) groups is 1. The Bertz CT molecular complexity index is 894. The third kappa shape index (κ3) is 5.35. The monoisotopic (exact) mass is 386 g/mol. The van der Waals surface area contributed by atoms with Crippen LogP contribution < -0.4 is 4.74 Å². The van der Waals surface area contributed by atoms with E-state index in [1.54, 1.807) is 24.6 Å². The van der Waals surface area contributed by atoms with Crippen LogP contribution in [0.3, 0.4) is 0 Å². The fourth-order valence-electron chi connectivity index (χ4n) is 2.68. The average molecular weight is 386 g/mol. The fraction of sp³-hybridized carbons (Fsp3) is 0.200. The summed E-state index contributed by atoms with van der Waals surface area (Å²) in [6.07, 6.45) is 0. The van der Waals surface area contributed by atoms with Crippen LogP contribution in [0.25, 0.3) is 0 Å². The van der Waals surface area contributed by atoms with E-state index in [4.69, 9.17) is 9.84 Å². The van der Waals surface area contributed by atoms with E-state index < -0.39 is 5.97 Å². The lowest BCUT2D eigenvalue weighted by Gasteiger charge is -2.21. The highest BCUT2D eigenvalue weighted by molar-refractivity contribution is 7.09. The normalized spacial score (nSPS) is 10.9. The molecule has 3 rings (SSSR count). The van der Waals surface area contributed by atoms with Gasteiger partial charge in [-0.25, -0.2) is 14.2 Å². The standard InChI is InChI=1S/C20H19FN2O3S/c1-26-17-8-4-15(5-9-17)11-23(10-14-2-6-16(21)7-3-14)12-19-22-18(13-27-19)20(24)25/h2-9,13H,10-12H2,1H3,(H,24,25). The molecule has 27 heavy (non-hydrogen) atoms. The number of methoxy groups -OCH3 is 1. The van der Waals surface area contributed by atoms with Crippen LogP contribution in [0.5, 0.6) is 5.75 Å². The number of benzene rings is 2. The Kier molecular flexibility index (Phi) is 6.16. The molecule has 0 radical (unpaired) electrons. The molecule has 0 saturated heterocycles. The lowest BCUT2D eigenvalue weighted by molar-refractivity contribution is 0.0691. The van der Waals surface area contributed by atoms with Crippen LogP contribution in [0.1, 0.15) is 26.6 Å². The molecular weight excluding hydrogens is 367 g/mol. The van der Waals surface area contributed by atoms with Crippen LogP contribution >= 0.6 is 11.3 Å². The van der Waals surface area contributed by atoms with Gasteiger partial charge in [-0.1, -0.05) is 24.3 Å². The number of hydrogen-bond acceptors (Lipinski definition) is 5. The highest BCUT2D eigenvalue weighted by Crippen LogP contribution is 2.19. The molecule has 0 atom stereocenters. The minimum Gasteiger partial charge on any atom is -0.497 e. The van der Waals surface area contributed by atoms with Crippen LogP contribution in [-0.2, 0) is 19.6 Å². The predicted molar refractivity (Wildman–Crippen MR) is 101 cm³/mol. The molecule has 5 nitrogen and oxygen atoms in total. The molecule has 3 aromatic rings. The van der Waals surface area contributed by atoms with Gasteiger partial charge in [-0.3, -0.25) is 4.90 Å². The van der Waals surface area contributed by atoms with Gasteiger partial charge in [0.1, 0.15) is 16.6 Å². The molecule has 0 aliphatic carbocycles. The zero-order valence-electron chi connectivity index (χ0n) is 14.8. The van der Waals surface area contributed by atoms with E-state index in [0.717, 1.165) is 21.9 Å². The van der Waals surface area contributed by atoms with Gasteiger partial charge in [0.15, 0.2) is 5.69 Å². The summed E-state index contributed by atoms with van der Waals surface area (Å²) in [4.78, 5) is 17.4. The fourth-order valence-corrected chi connectivity index (χ4v) is 3.49. The lowest BCUT2D eigenvalue weighted by atomic mass is 10.1. The summed E-state index contributed by atoms with van der Waals surface area (Å²) in [6.45, 7) is 1.74. The summed E-state index contributed by atoms with van der Waals surface area (Å²) in [5.74, 6) is -0.515. The van der Waals surface area contributed by atoms with Gasteiger partial charge in [0.2, 0.25) is 0 Å². The molecule has 0 spiro atoms. The Morgan fingerprint density at radius 1 is 1.07 bits per heavy atom. The van der Waals surface area contributed by atoms with Crippen LogP contribution in [-0.4, -0.2) is 28.1 Å². The topological polar surface area (TPSA) is 62.7 Å². The van der Waals surface area contributed by atoms with Crippen molar-refractivity contribution in [3.63, 3.8) is 0 Å². The number of hydrogen-bond donors (Lipinski definition) is 1. The van der Waals surface area contributed by atoms with Gasteiger partial charge in [0.25, 0.3) is 0 Å². The van der Waals surface area contributed by atoms with Gasteiger partial charge in [-0.2, -0.15) is 0 Å². The Morgan fingerprint density at radius 3 is 2.19 bits per heavy atom. The highest BCUT2D eigenvalue weighted by Gasteiger charge is 2.14. The first-order chi connectivity index (χ1) is 13.0. The number of thiazole rings is 1. The Labute approximate surface area is 160 Å². The van der Waals surface area contributed by atoms with E-state index in [9.17, 15) is 9.18 Å². The largest absolute Gasteiger partial charge is 0.497 e.